The fraction of sp³-hybridized carbons (Fsp3) is 0.846. The SMILES string of the molecule is CC1=N[C@@]23CCC4=CC(=O)CC[C@]4(C)[C@H]2CC[C@H]3CC[C@H](C)[C@@H]2NC[C@@H](C)C[C@H]2O1. The van der Waals surface area contributed by atoms with Crippen molar-refractivity contribution >= 4 is 11.7 Å². The first-order valence-electron chi connectivity index (χ1n) is 12.5. The topological polar surface area (TPSA) is 50.7 Å². The largest absolute Gasteiger partial charge is 0.476 e. The lowest BCUT2D eigenvalue weighted by atomic mass is 9.53. The van der Waals surface area contributed by atoms with Crippen molar-refractivity contribution in [1.29, 1.82) is 0 Å². The number of fused-ring (bicyclic) bond motifs is 3. The van der Waals surface area contributed by atoms with E-state index in [-0.39, 0.29) is 17.1 Å². The molecular formula is C26H40N2O2. The number of aliphatic imine (C=N–C) groups is 1. The van der Waals surface area contributed by atoms with Crippen molar-refractivity contribution in [1.82, 2.24) is 5.32 Å². The number of nitrogens with one attached hydrogen (secondary N) is 1. The van der Waals surface area contributed by atoms with E-state index in [0.29, 0.717) is 41.9 Å². The average Bonchev–Trinajstić information content (AvgIpc) is 3.06. The number of carbonyl (C=O) groups excluding carboxylic acids is 1. The van der Waals surface area contributed by atoms with E-state index in [4.69, 9.17) is 9.73 Å². The molecule has 4 heteroatoms. The summed E-state index contributed by atoms with van der Waals surface area (Å²) < 4.78 is 6.63. The first-order valence-corrected chi connectivity index (χ1v) is 12.5. The van der Waals surface area contributed by atoms with Crippen LogP contribution in [0.2, 0.25) is 0 Å². The summed E-state index contributed by atoms with van der Waals surface area (Å²) >= 11 is 0. The minimum atomic E-state index is 0.0107. The molecule has 3 fully saturated rings. The molecule has 0 unspecified atom stereocenters. The van der Waals surface area contributed by atoms with Gasteiger partial charge in [0.05, 0.1) is 5.54 Å². The van der Waals surface area contributed by atoms with Crippen LogP contribution in [0.1, 0.15) is 85.5 Å². The molecule has 3 aliphatic carbocycles. The van der Waals surface area contributed by atoms with Gasteiger partial charge in [0.2, 0.25) is 0 Å². The second-order valence-corrected chi connectivity index (χ2v) is 11.5. The molecule has 5 rings (SSSR count). The van der Waals surface area contributed by atoms with E-state index in [1.165, 1.54) is 31.3 Å². The Labute approximate surface area is 182 Å². The molecule has 0 amide bonds. The standard InChI is InChI=1S/C26H40N2O2/c1-16-13-22-24(27-15-16)17(2)5-6-19-7-8-23-25(4)11-10-21(29)14-20(25)9-12-26(19,23)28-18(3)30-22/h14,16-17,19,22-24,27H,5-13,15H2,1-4H3/t16-,17-,19+,22+,23+,24-,25-,26+/m0/s1. The highest BCUT2D eigenvalue weighted by atomic mass is 16.5. The molecule has 8 atom stereocenters. The Balaban J connectivity index is 1.52. The van der Waals surface area contributed by atoms with Crippen LogP contribution in [-0.2, 0) is 9.53 Å². The first kappa shape index (κ1) is 20.7. The second kappa shape index (κ2) is 7.46. The predicted octanol–water partition coefficient (Wildman–Crippen LogP) is 5.07. The van der Waals surface area contributed by atoms with Gasteiger partial charge in [-0.05, 0) is 93.1 Å². The lowest BCUT2D eigenvalue weighted by Crippen LogP contribution is -2.55. The molecule has 2 heterocycles. The summed E-state index contributed by atoms with van der Waals surface area (Å²) in [4.78, 5) is 17.6. The van der Waals surface area contributed by atoms with Crippen molar-refractivity contribution in [3.8, 4) is 0 Å². The maximum atomic E-state index is 12.1. The van der Waals surface area contributed by atoms with Crippen LogP contribution in [0, 0.1) is 29.1 Å². The molecule has 30 heavy (non-hydrogen) atoms. The van der Waals surface area contributed by atoms with E-state index in [1.54, 1.807) is 0 Å². The van der Waals surface area contributed by atoms with Gasteiger partial charge in [-0.2, -0.15) is 0 Å². The van der Waals surface area contributed by atoms with Crippen molar-refractivity contribution in [3.63, 3.8) is 0 Å². The number of hydrogen-bond donors (Lipinski definition) is 1. The maximum Gasteiger partial charge on any atom is 0.180 e. The number of rotatable bonds is 0. The molecule has 5 aliphatic rings. The number of nitrogens with zero attached hydrogens (tertiary/aromatic N) is 1. The summed E-state index contributed by atoms with van der Waals surface area (Å²) in [7, 11) is 0. The highest BCUT2D eigenvalue weighted by Gasteiger charge is 2.60. The van der Waals surface area contributed by atoms with Crippen molar-refractivity contribution in [3.05, 3.63) is 11.6 Å². The van der Waals surface area contributed by atoms with Crippen LogP contribution in [0.25, 0.3) is 0 Å². The fourth-order valence-corrected chi connectivity index (χ4v) is 8.05. The molecule has 1 spiro atoms. The Morgan fingerprint density at radius 2 is 1.93 bits per heavy atom. The van der Waals surface area contributed by atoms with Gasteiger partial charge in [-0.1, -0.05) is 26.3 Å². The Bertz CT molecular complexity index is 773. The Hall–Kier alpha value is -1.16. The lowest BCUT2D eigenvalue weighted by Gasteiger charge is -2.53. The third kappa shape index (κ3) is 3.20. The van der Waals surface area contributed by atoms with Crippen LogP contribution < -0.4 is 5.32 Å². The van der Waals surface area contributed by atoms with Crippen LogP contribution in [0.4, 0.5) is 0 Å². The van der Waals surface area contributed by atoms with E-state index in [1.807, 2.05) is 6.08 Å². The third-order valence-corrected chi connectivity index (χ3v) is 9.65. The van der Waals surface area contributed by atoms with Gasteiger partial charge >= 0.3 is 0 Å². The number of allylic oxidation sites excluding steroid dienone is 2. The minimum absolute atomic E-state index is 0.0107. The summed E-state index contributed by atoms with van der Waals surface area (Å²) in [6.07, 6.45) is 12.3. The van der Waals surface area contributed by atoms with E-state index in [2.05, 4.69) is 33.0 Å². The maximum absolute atomic E-state index is 12.1. The summed E-state index contributed by atoms with van der Waals surface area (Å²) in [5.41, 5.74) is 1.57. The molecule has 0 radical (unpaired) electrons. The number of ether oxygens (including phenoxy) is 1. The van der Waals surface area contributed by atoms with E-state index >= 15 is 0 Å². The molecule has 0 aromatic rings. The number of ketones is 1. The van der Waals surface area contributed by atoms with E-state index < -0.39 is 0 Å². The number of piperidine rings is 1. The van der Waals surface area contributed by atoms with Crippen molar-refractivity contribution in [2.24, 2.45) is 34.1 Å². The summed E-state index contributed by atoms with van der Waals surface area (Å²) in [6.45, 7) is 10.4. The molecular weight excluding hydrogens is 372 g/mol. The quantitative estimate of drug-likeness (QED) is 0.604. The monoisotopic (exact) mass is 412 g/mol. The number of carbonyl (C=O) groups is 1. The minimum Gasteiger partial charge on any atom is -0.476 e. The second-order valence-electron chi connectivity index (χ2n) is 11.5. The molecule has 2 saturated carbocycles. The van der Waals surface area contributed by atoms with Crippen molar-refractivity contribution in [2.45, 2.75) is 103 Å². The van der Waals surface area contributed by atoms with Gasteiger partial charge in [-0.25, -0.2) is 4.99 Å². The Morgan fingerprint density at radius 1 is 1.13 bits per heavy atom. The van der Waals surface area contributed by atoms with Crippen LogP contribution in [-0.4, -0.2) is 35.9 Å². The Kier molecular flexibility index (Phi) is 5.16. The van der Waals surface area contributed by atoms with Gasteiger partial charge < -0.3 is 10.1 Å². The molecule has 2 aliphatic heterocycles. The van der Waals surface area contributed by atoms with Crippen LogP contribution >= 0.6 is 0 Å². The predicted molar refractivity (Wildman–Crippen MR) is 121 cm³/mol. The summed E-state index contributed by atoms with van der Waals surface area (Å²) in [5.74, 6) is 3.73. The van der Waals surface area contributed by atoms with Gasteiger partial charge in [-0.15, -0.1) is 0 Å². The lowest BCUT2D eigenvalue weighted by molar-refractivity contribution is -0.116. The van der Waals surface area contributed by atoms with E-state index in [0.717, 1.165) is 38.1 Å². The molecule has 4 nitrogen and oxygen atoms in total. The summed E-state index contributed by atoms with van der Waals surface area (Å²) in [6, 6.07) is 0.445. The van der Waals surface area contributed by atoms with Gasteiger partial charge in [0.1, 0.15) is 6.10 Å². The first-order chi connectivity index (χ1) is 14.3. The highest BCUT2D eigenvalue weighted by Crippen LogP contribution is 2.64. The molecule has 0 aromatic carbocycles. The normalized spacial score (nSPS) is 48.9. The van der Waals surface area contributed by atoms with Gasteiger partial charge in [-0.3, -0.25) is 4.79 Å². The summed E-state index contributed by atoms with van der Waals surface area (Å²) in [5, 5.41) is 3.80. The average molecular weight is 413 g/mol. The van der Waals surface area contributed by atoms with Crippen LogP contribution in [0.15, 0.2) is 16.6 Å². The van der Waals surface area contributed by atoms with Crippen LogP contribution in [0.5, 0.6) is 0 Å². The molecule has 166 valence electrons. The highest BCUT2D eigenvalue weighted by molar-refractivity contribution is 5.91. The van der Waals surface area contributed by atoms with E-state index in [9.17, 15) is 4.79 Å². The van der Waals surface area contributed by atoms with Crippen LogP contribution in [0.3, 0.4) is 0 Å². The zero-order valence-corrected chi connectivity index (χ0v) is 19.4. The fourth-order valence-electron chi connectivity index (χ4n) is 8.05. The smallest absolute Gasteiger partial charge is 0.180 e. The van der Waals surface area contributed by atoms with Gasteiger partial charge in [0.25, 0.3) is 0 Å². The number of hydrogen-bond acceptors (Lipinski definition) is 4. The van der Waals surface area contributed by atoms with Gasteiger partial charge in [0, 0.05) is 19.4 Å². The molecule has 0 bridgehead atoms. The zero-order valence-electron chi connectivity index (χ0n) is 19.4. The molecule has 1 saturated heterocycles. The van der Waals surface area contributed by atoms with Crippen molar-refractivity contribution in [2.75, 3.05) is 6.54 Å². The zero-order chi connectivity index (χ0) is 21.1. The third-order valence-electron chi connectivity index (χ3n) is 9.65. The Morgan fingerprint density at radius 3 is 2.77 bits per heavy atom. The molecule has 0 aromatic heterocycles. The molecule has 1 N–H and O–H groups in total. The van der Waals surface area contributed by atoms with Crippen molar-refractivity contribution < 1.29 is 9.53 Å². The van der Waals surface area contributed by atoms with Gasteiger partial charge in [0.15, 0.2) is 11.7 Å².